The Balaban J connectivity index is 1.86. The maximum atomic E-state index is 13.4. The molecule has 0 atom stereocenters. The number of hydrogen-bond donors (Lipinski definition) is 0. The molecule has 1 saturated carbocycles. The summed E-state index contributed by atoms with van der Waals surface area (Å²) in [5.74, 6) is 1.15. The Morgan fingerprint density at radius 2 is 2.03 bits per heavy atom. The second-order valence-electron chi connectivity index (χ2n) is 7.91. The molecule has 8 nitrogen and oxygen atoms in total. The maximum absolute atomic E-state index is 13.4. The van der Waals surface area contributed by atoms with E-state index in [1.54, 1.807) is 12.1 Å². The zero-order valence-corrected chi connectivity index (χ0v) is 19.5. The first-order chi connectivity index (χ1) is 16.0. The predicted molar refractivity (Wildman–Crippen MR) is 131 cm³/mol. The number of ether oxygens (including phenoxy) is 1. The maximum Gasteiger partial charge on any atom is 0.282 e. The van der Waals surface area contributed by atoms with Crippen LogP contribution in [-0.2, 0) is 0 Å². The van der Waals surface area contributed by atoms with E-state index >= 15 is 0 Å². The predicted octanol–water partition coefficient (Wildman–Crippen LogP) is 5.56. The Morgan fingerprint density at radius 1 is 1.24 bits per heavy atom. The number of benzene rings is 2. The van der Waals surface area contributed by atoms with Gasteiger partial charge in [-0.2, -0.15) is 9.78 Å². The Kier molecular flexibility index (Phi) is 6.98. The van der Waals surface area contributed by atoms with Crippen LogP contribution in [0.25, 0.3) is 10.9 Å². The molecule has 1 fully saturated rings. The highest BCUT2D eigenvalue weighted by molar-refractivity contribution is 9.10. The van der Waals surface area contributed by atoms with Gasteiger partial charge >= 0.3 is 0 Å². The van der Waals surface area contributed by atoms with Gasteiger partial charge in [-0.15, -0.1) is 0 Å². The van der Waals surface area contributed by atoms with Crippen molar-refractivity contribution in [1.82, 2.24) is 9.66 Å². The summed E-state index contributed by atoms with van der Waals surface area (Å²) in [5.41, 5.74) is 0.641. The molecule has 9 heteroatoms. The van der Waals surface area contributed by atoms with E-state index in [1.807, 2.05) is 12.1 Å². The Hall–Kier alpha value is -3.33. The minimum atomic E-state index is -0.483. The fourth-order valence-electron chi connectivity index (χ4n) is 4.05. The van der Waals surface area contributed by atoms with E-state index in [0.29, 0.717) is 28.0 Å². The molecule has 4 rings (SSSR count). The average Bonchev–Trinajstić information content (AvgIpc) is 2.83. The average molecular weight is 511 g/mol. The Bertz CT molecular complexity index is 1300. The van der Waals surface area contributed by atoms with Gasteiger partial charge in [0.05, 0.1) is 22.0 Å². The summed E-state index contributed by atoms with van der Waals surface area (Å²) in [5, 5.41) is 16.2. The van der Waals surface area contributed by atoms with Crippen molar-refractivity contribution in [3.63, 3.8) is 0 Å². The molecule has 1 aromatic heterocycles. The zero-order chi connectivity index (χ0) is 23.4. The number of halogens is 1. The van der Waals surface area contributed by atoms with E-state index in [9.17, 15) is 14.9 Å². The van der Waals surface area contributed by atoms with Crippen molar-refractivity contribution in [3.8, 4) is 5.75 Å². The van der Waals surface area contributed by atoms with E-state index in [2.05, 4.69) is 27.6 Å². The molecule has 0 N–H and O–H groups in total. The van der Waals surface area contributed by atoms with Gasteiger partial charge in [0.1, 0.15) is 18.2 Å². The molecule has 1 heterocycles. The van der Waals surface area contributed by atoms with Crippen LogP contribution in [0.4, 0.5) is 5.69 Å². The van der Waals surface area contributed by atoms with Crippen molar-refractivity contribution in [2.24, 2.45) is 5.10 Å². The second kappa shape index (κ2) is 10.1. The number of nitrogens with zero attached hydrogens (tertiary/aromatic N) is 4. The molecule has 0 unspecified atom stereocenters. The van der Waals surface area contributed by atoms with Crippen LogP contribution >= 0.6 is 15.9 Å². The standard InChI is InChI=1S/C24H23BrN4O4/c1-2-12-33-22-11-9-19(29(31)32)13-17(22)15-26-28-23(16-6-4-3-5-7-16)27-21-10-8-18(25)14-20(21)24(28)30/h2,8-11,13-16H,1,3-7,12H2. The molecular formula is C24H23BrN4O4. The fraction of sp³-hybridized carbons (Fsp3) is 0.292. The van der Waals surface area contributed by atoms with E-state index in [0.717, 1.165) is 30.2 Å². The van der Waals surface area contributed by atoms with Crippen molar-refractivity contribution in [2.45, 2.75) is 38.0 Å². The number of rotatable bonds is 7. The summed E-state index contributed by atoms with van der Waals surface area (Å²) >= 11 is 3.41. The minimum Gasteiger partial charge on any atom is -0.489 e. The largest absolute Gasteiger partial charge is 0.489 e. The molecule has 0 aliphatic heterocycles. The number of nitro benzene ring substituents is 1. The number of fused-ring (bicyclic) bond motifs is 1. The monoisotopic (exact) mass is 510 g/mol. The first-order valence-electron chi connectivity index (χ1n) is 10.8. The SMILES string of the molecule is C=CCOc1ccc([N+](=O)[O-])cc1C=Nn1c(C2CCCCC2)nc2ccc(Br)cc2c1=O. The number of hydrogen-bond acceptors (Lipinski definition) is 6. The van der Waals surface area contributed by atoms with Crippen molar-refractivity contribution < 1.29 is 9.66 Å². The van der Waals surface area contributed by atoms with Crippen LogP contribution in [0.3, 0.4) is 0 Å². The lowest BCUT2D eigenvalue weighted by atomic mass is 9.88. The minimum absolute atomic E-state index is 0.0946. The molecule has 1 aliphatic carbocycles. The molecule has 170 valence electrons. The van der Waals surface area contributed by atoms with Gasteiger partial charge in [0, 0.05) is 28.1 Å². The summed E-state index contributed by atoms with van der Waals surface area (Å²) in [7, 11) is 0. The lowest BCUT2D eigenvalue weighted by Gasteiger charge is -2.22. The summed E-state index contributed by atoms with van der Waals surface area (Å²) in [6, 6.07) is 9.67. The van der Waals surface area contributed by atoms with Crippen LogP contribution in [0, 0.1) is 10.1 Å². The Morgan fingerprint density at radius 3 is 2.76 bits per heavy atom. The quantitative estimate of drug-likeness (QED) is 0.179. The highest BCUT2D eigenvalue weighted by atomic mass is 79.9. The van der Waals surface area contributed by atoms with Crippen LogP contribution in [0.15, 0.2) is 63.4 Å². The fourth-order valence-corrected chi connectivity index (χ4v) is 4.41. The topological polar surface area (TPSA) is 99.6 Å². The van der Waals surface area contributed by atoms with Crippen molar-refractivity contribution >= 4 is 38.7 Å². The van der Waals surface area contributed by atoms with Gasteiger partial charge in [0.25, 0.3) is 11.2 Å². The summed E-state index contributed by atoms with van der Waals surface area (Å²) in [6.45, 7) is 3.86. The van der Waals surface area contributed by atoms with Gasteiger partial charge in [0.2, 0.25) is 0 Å². The smallest absolute Gasteiger partial charge is 0.282 e. The van der Waals surface area contributed by atoms with E-state index in [-0.39, 0.29) is 23.8 Å². The van der Waals surface area contributed by atoms with Crippen LogP contribution in [0.1, 0.15) is 49.4 Å². The summed E-state index contributed by atoms with van der Waals surface area (Å²) < 4.78 is 7.74. The molecule has 33 heavy (non-hydrogen) atoms. The van der Waals surface area contributed by atoms with Crippen LogP contribution in [-0.4, -0.2) is 27.4 Å². The Labute approximate surface area is 198 Å². The second-order valence-corrected chi connectivity index (χ2v) is 8.82. The van der Waals surface area contributed by atoms with Crippen molar-refractivity contribution in [3.05, 3.63) is 85.4 Å². The molecule has 2 aromatic carbocycles. The molecule has 0 bridgehead atoms. The zero-order valence-electron chi connectivity index (χ0n) is 17.9. The van der Waals surface area contributed by atoms with Gasteiger partial charge < -0.3 is 4.74 Å². The van der Waals surface area contributed by atoms with Gasteiger partial charge in [-0.05, 0) is 37.1 Å². The molecule has 0 radical (unpaired) electrons. The van der Waals surface area contributed by atoms with Crippen LogP contribution in [0.5, 0.6) is 5.75 Å². The molecule has 3 aromatic rings. The number of aromatic nitrogens is 2. The molecule has 0 saturated heterocycles. The highest BCUT2D eigenvalue weighted by Gasteiger charge is 2.22. The third kappa shape index (κ3) is 5.03. The first-order valence-corrected chi connectivity index (χ1v) is 11.6. The normalized spacial score (nSPS) is 14.6. The molecule has 0 amide bonds. The van der Waals surface area contributed by atoms with Gasteiger partial charge in [-0.3, -0.25) is 14.9 Å². The van der Waals surface area contributed by atoms with Crippen LogP contribution in [0.2, 0.25) is 0 Å². The van der Waals surface area contributed by atoms with Gasteiger partial charge in [-0.1, -0.05) is 47.8 Å². The lowest BCUT2D eigenvalue weighted by molar-refractivity contribution is -0.384. The third-order valence-electron chi connectivity index (χ3n) is 5.68. The lowest BCUT2D eigenvalue weighted by Crippen LogP contribution is -2.25. The number of non-ortho nitro benzene ring substituents is 1. The molecular weight excluding hydrogens is 488 g/mol. The summed E-state index contributed by atoms with van der Waals surface area (Å²) in [6.07, 6.45) is 8.20. The van der Waals surface area contributed by atoms with E-state index in [1.165, 1.54) is 35.5 Å². The van der Waals surface area contributed by atoms with E-state index in [4.69, 9.17) is 9.72 Å². The van der Waals surface area contributed by atoms with Crippen molar-refractivity contribution in [2.75, 3.05) is 6.61 Å². The van der Waals surface area contributed by atoms with Gasteiger partial charge in [0.15, 0.2) is 0 Å². The first kappa shape index (κ1) is 22.8. The van der Waals surface area contributed by atoms with Gasteiger partial charge in [-0.25, -0.2) is 4.98 Å². The van der Waals surface area contributed by atoms with Crippen molar-refractivity contribution in [1.29, 1.82) is 0 Å². The number of nitro groups is 1. The van der Waals surface area contributed by atoms with E-state index < -0.39 is 4.92 Å². The van der Waals surface area contributed by atoms with Crippen LogP contribution < -0.4 is 10.3 Å². The molecule has 1 aliphatic rings. The third-order valence-corrected chi connectivity index (χ3v) is 6.17. The summed E-state index contributed by atoms with van der Waals surface area (Å²) in [4.78, 5) is 29.0. The highest BCUT2D eigenvalue weighted by Crippen LogP contribution is 2.32. The molecule has 0 spiro atoms.